The highest BCUT2D eigenvalue weighted by Gasteiger charge is 2.07. The van der Waals surface area contributed by atoms with Crippen LogP contribution in [-0.4, -0.2) is 5.91 Å². The number of nitriles is 1. The third-order valence-corrected chi connectivity index (χ3v) is 3.85. The molecular formula is C16H14N2OS. The van der Waals surface area contributed by atoms with Gasteiger partial charge in [0.05, 0.1) is 17.7 Å². The SMILES string of the molecule is CC(NC(=O)C=Cc1ccc(C#N)cc1)c1cccs1. The number of nitrogens with zero attached hydrogens (tertiary/aromatic N) is 1. The summed E-state index contributed by atoms with van der Waals surface area (Å²) in [7, 11) is 0. The number of rotatable bonds is 4. The molecule has 0 radical (unpaired) electrons. The van der Waals surface area contributed by atoms with E-state index in [9.17, 15) is 4.79 Å². The van der Waals surface area contributed by atoms with Crippen LogP contribution in [0.25, 0.3) is 6.08 Å². The van der Waals surface area contributed by atoms with E-state index in [0.717, 1.165) is 10.4 Å². The summed E-state index contributed by atoms with van der Waals surface area (Å²) in [5.74, 6) is -0.129. The zero-order chi connectivity index (χ0) is 14.4. The molecule has 1 unspecified atom stereocenters. The van der Waals surface area contributed by atoms with Crippen molar-refractivity contribution < 1.29 is 4.79 Å². The van der Waals surface area contributed by atoms with Gasteiger partial charge in [-0.05, 0) is 42.1 Å². The molecule has 0 saturated carbocycles. The smallest absolute Gasteiger partial charge is 0.244 e. The first-order valence-electron chi connectivity index (χ1n) is 6.21. The van der Waals surface area contributed by atoms with Crippen LogP contribution in [0.15, 0.2) is 47.9 Å². The van der Waals surface area contributed by atoms with Crippen LogP contribution < -0.4 is 5.32 Å². The Labute approximate surface area is 122 Å². The van der Waals surface area contributed by atoms with Crippen LogP contribution in [0.1, 0.15) is 29.0 Å². The Morgan fingerprint density at radius 3 is 2.70 bits per heavy atom. The Bertz CT molecular complexity index is 636. The predicted molar refractivity (Wildman–Crippen MR) is 81.1 cm³/mol. The summed E-state index contributed by atoms with van der Waals surface area (Å²) in [5, 5.41) is 13.6. The molecule has 1 aromatic heterocycles. The molecular weight excluding hydrogens is 268 g/mol. The van der Waals surface area contributed by atoms with Crippen molar-refractivity contribution in [3.8, 4) is 6.07 Å². The highest BCUT2D eigenvalue weighted by molar-refractivity contribution is 7.10. The van der Waals surface area contributed by atoms with Crippen molar-refractivity contribution in [2.45, 2.75) is 13.0 Å². The Hall–Kier alpha value is -2.38. The summed E-state index contributed by atoms with van der Waals surface area (Å²) in [5.41, 5.74) is 1.50. The van der Waals surface area contributed by atoms with E-state index in [4.69, 9.17) is 5.26 Å². The van der Waals surface area contributed by atoms with Gasteiger partial charge in [-0.25, -0.2) is 0 Å². The molecule has 3 nitrogen and oxygen atoms in total. The van der Waals surface area contributed by atoms with Crippen LogP contribution in [0.3, 0.4) is 0 Å². The zero-order valence-corrected chi connectivity index (χ0v) is 11.9. The van der Waals surface area contributed by atoms with Crippen molar-refractivity contribution in [1.29, 1.82) is 5.26 Å². The summed E-state index contributed by atoms with van der Waals surface area (Å²) in [6.07, 6.45) is 3.24. The predicted octanol–water partition coefficient (Wildman–Crippen LogP) is 3.51. The molecule has 0 aliphatic rings. The zero-order valence-electron chi connectivity index (χ0n) is 11.0. The maximum absolute atomic E-state index is 11.8. The first-order chi connectivity index (χ1) is 9.69. The maximum atomic E-state index is 11.8. The molecule has 1 N–H and O–H groups in total. The maximum Gasteiger partial charge on any atom is 0.244 e. The van der Waals surface area contributed by atoms with E-state index in [1.54, 1.807) is 29.5 Å². The van der Waals surface area contributed by atoms with E-state index in [2.05, 4.69) is 11.4 Å². The van der Waals surface area contributed by atoms with Gasteiger partial charge in [-0.15, -0.1) is 11.3 Å². The summed E-state index contributed by atoms with van der Waals surface area (Å²) >= 11 is 1.62. The molecule has 2 rings (SSSR count). The quantitative estimate of drug-likeness (QED) is 0.872. The van der Waals surface area contributed by atoms with Gasteiger partial charge in [0, 0.05) is 11.0 Å². The molecule has 1 atom stereocenters. The molecule has 0 aliphatic carbocycles. The number of thiophene rings is 1. The van der Waals surface area contributed by atoms with E-state index >= 15 is 0 Å². The van der Waals surface area contributed by atoms with Gasteiger partial charge in [-0.3, -0.25) is 4.79 Å². The minimum atomic E-state index is -0.129. The van der Waals surface area contributed by atoms with E-state index in [1.165, 1.54) is 6.08 Å². The number of hydrogen-bond acceptors (Lipinski definition) is 3. The second kappa shape index (κ2) is 6.69. The van der Waals surface area contributed by atoms with Crippen molar-refractivity contribution in [2.24, 2.45) is 0 Å². The summed E-state index contributed by atoms with van der Waals surface area (Å²) in [4.78, 5) is 12.9. The van der Waals surface area contributed by atoms with Gasteiger partial charge in [0.25, 0.3) is 0 Å². The minimum Gasteiger partial charge on any atom is -0.345 e. The van der Waals surface area contributed by atoms with Crippen LogP contribution in [0.5, 0.6) is 0 Å². The lowest BCUT2D eigenvalue weighted by Crippen LogP contribution is -2.23. The van der Waals surface area contributed by atoms with Crippen LogP contribution in [-0.2, 0) is 4.79 Å². The molecule has 1 aromatic carbocycles. The average Bonchev–Trinajstić information content (AvgIpc) is 3.00. The second-order valence-corrected chi connectivity index (χ2v) is 5.29. The van der Waals surface area contributed by atoms with Crippen LogP contribution in [0.2, 0.25) is 0 Å². The van der Waals surface area contributed by atoms with Crippen LogP contribution in [0.4, 0.5) is 0 Å². The van der Waals surface area contributed by atoms with E-state index in [-0.39, 0.29) is 11.9 Å². The Kier molecular flexibility index (Phi) is 4.70. The average molecular weight is 282 g/mol. The van der Waals surface area contributed by atoms with Crippen molar-refractivity contribution in [2.75, 3.05) is 0 Å². The standard InChI is InChI=1S/C16H14N2OS/c1-12(15-3-2-10-20-15)18-16(19)9-8-13-4-6-14(11-17)7-5-13/h2-10,12H,1H3,(H,18,19). The molecule has 1 amide bonds. The summed E-state index contributed by atoms with van der Waals surface area (Å²) < 4.78 is 0. The van der Waals surface area contributed by atoms with Crippen LogP contribution in [0, 0.1) is 11.3 Å². The van der Waals surface area contributed by atoms with Gasteiger partial charge in [0.1, 0.15) is 0 Å². The highest BCUT2D eigenvalue weighted by atomic mass is 32.1. The molecule has 0 aliphatic heterocycles. The van der Waals surface area contributed by atoms with E-state index in [0.29, 0.717) is 5.56 Å². The van der Waals surface area contributed by atoms with Gasteiger partial charge < -0.3 is 5.32 Å². The minimum absolute atomic E-state index is 0.00751. The molecule has 20 heavy (non-hydrogen) atoms. The number of nitrogens with one attached hydrogen (secondary N) is 1. The molecule has 0 spiro atoms. The molecule has 0 fully saturated rings. The number of carbonyl (C=O) groups is 1. The number of hydrogen-bond donors (Lipinski definition) is 1. The van der Waals surface area contributed by atoms with Gasteiger partial charge in [0.2, 0.25) is 5.91 Å². The Morgan fingerprint density at radius 1 is 1.35 bits per heavy atom. The fourth-order valence-electron chi connectivity index (χ4n) is 1.71. The fourth-order valence-corrected chi connectivity index (χ4v) is 2.45. The molecule has 100 valence electrons. The van der Waals surface area contributed by atoms with Gasteiger partial charge >= 0.3 is 0 Å². The van der Waals surface area contributed by atoms with Gasteiger partial charge in [-0.2, -0.15) is 5.26 Å². The number of carbonyl (C=O) groups excluding carboxylic acids is 1. The third-order valence-electron chi connectivity index (χ3n) is 2.80. The summed E-state index contributed by atoms with van der Waals surface area (Å²) in [6.45, 7) is 1.96. The van der Waals surface area contributed by atoms with Crippen LogP contribution >= 0.6 is 11.3 Å². The Morgan fingerprint density at radius 2 is 2.10 bits per heavy atom. The lowest BCUT2D eigenvalue weighted by Gasteiger charge is -2.09. The fraction of sp³-hybridized carbons (Fsp3) is 0.125. The Balaban J connectivity index is 1.93. The monoisotopic (exact) mass is 282 g/mol. The molecule has 4 heteroatoms. The first kappa shape index (κ1) is 14.0. The van der Waals surface area contributed by atoms with Crippen molar-refractivity contribution >= 4 is 23.3 Å². The molecule has 1 heterocycles. The topological polar surface area (TPSA) is 52.9 Å². The number of benzene rings is 1. The molecule has 2 aromatic rings. The van der Waals surface area contributed by atoms with Crippen molar-refractivity contribution in [3.63, 3.8) is 0 Å². The van der Waals surface area contributed by atoms with Crippen molar-refractivity contribution in [3.05, 3.63) is 63.9 Å². The first-order valence-corrected chi connectivity index (χ1v) is 7.09. The van der Waals surface area contributed by atoms with E-state index < -0.39 is 0 Å². The molecule has 0 bridgehead atoms. The lowest BCUT2D eigenvalue weighted by atomic mass is 10.1. The highest BCUT2D eigenvalue weighted by Crippen LogP contribution is 2.17. The molecule has 0 saturated heterocycles. The van der Waals surface area contributed by atoms with Crippen molar-refractivity contribution in [1.82, 2.24) is 5.32 Å². The third kappa shape index (κ3) is 3.81. The second-order valence-electron chi connectivity index (χ2n) is 4.31. The number of amides is 1. The normalized spacial score (nSPS) is 12.0. The summed E-state index contributed by atoms with van der Waals surface area (Å²) in [6, 6.07) is 13.1. The van der Waals surface area contributed by atoms with Gasteiger partial charge in [0.15, 0.2) is 0 Å². The van der Waals surface area contributed by atoms with Gasteiger partial charge in [-0.1, -0.05) is 18.2 Å². The lowest BCUT2D eigenvalue weighted by molar-refractivity contribution is -0.117. The largest absolute Gasteiger partial charge is 0.345 e. The van der Waals surface area contributed by atoms with E-state index in [1.807, 2.05) is 36.6 Å².